The third-order valence-corrected chi connectivity index (χ3v) is 2.01. The van der Waals surface area contributed by atoms with E-state index in [9.17, 15) is 13.6 Å². The Hall–Kier alpha value is -1.24. The molecular formula is C9H8BrF2NO3. The summed E-state index contributed by atoms with van der Waals surface area (Å²) in [6.07, 6.45) is -2.62. The van der Waals surface area contributed by atoms with Gasteiger partial charge in [0.1, 0.15) is 11.2 Å². The molecule has 88 valence electrons. The summed E-state index contributed by atoms with van der Waals surface area (Å²) in [6, 6.07) is 2.85. The zero-order chi connectivity index (χ0) is 12.1. The second-order valence-corrected chi connectivity index (χ2v) is 3.49. The molecule has 1 aromatic rings. The smallest absolute Gasteiger partial charge is 0.360 e. The topological polar surface area (TPSA) is 48.4 Å². The number of carbonyl (C=O) groups is 1. The van der Waals surface area contributed by atoms with E-state index in [2.05, 4.69) is 25.7 Å². The summed E-state index contributed by atoms with van der Waals surface area (Å²) in [7, 11) is 1.17. The lowest BCUT2D eigenvalue weighted by atomic mass is 10.3. The van der Waals surface area contributed by atoms with E-state index in [4.69, 9.17) is 4.74 Å². The molecule has 0 aromatic carbocycles. The van der Waals surface area contributed by atoms with Crippen molar-refractivity contribution >= 4 is 21.9 Å². The number of esters is 1. The summed E-state index contributed by atoms with van der Waals surface area (Å²) in [5, 5.41) is 0. The van der Waals surface area contributed by atoms with Crippen LogP contribution in [0.2, 0.25) is 0 Å². The van der Waals surface area contributed by atoms with Crippen molar-refractivity contribution in [2.24, 2.45) is 0 Å². The van der Waals surface area contributed by atoms with Gasteiger partial charge in [-0.1, -0.05) is 0 Å². The molecule has 0 unspecified atom stereocenters. The van der Waals surface area contributed by atoms with Crippen LogP contribution in [0.5, 0.6) is 5.75 Å². The average molecular weight is 296 g/mol. The Morgan fingerprint density at radius 2 is 2.25 bits per heavy atom. The van der Waals surface area contributed by atoms with E-state index in [0.29, 0.717) is 4.60 Å². The summed E-state index contributed by atoms with van der Waals surface area (Å²) in [5.41, 5.74) is -0.141. The molecular weight excluding hydrogens is 288 g/mol. The maximum Gasteiger partial charge on any atom is 0.360 e. The molecule has 0 atom stereocenters. The van der Waals surface area contributed by atoms with Crippen LogP contribution in [-0.2, 0) is 4.74 Å². The van der Waals surface area contributed by atoms with Gasteiger partial charge in [0.05, 0.1) is 7.11 Å². The van der Waals surface area contributed by atoms with Gasteiger partial charge >= 0.3 is 5.97 Å². The molecule has 0 aliphatic heterocycles. The number of halogens is 3. The highest BCUT2D eigenvalue weighted by Crippen LogP contribution is 2.20. The normalized spacial score (nSPS) is 10.3. The van der Waals surface area contributed by atoms with Gasteiger partial charge < -0.3 is 9.47 Å². The molecule has 1 rings (SSSR count). The number of carbonyl (C=O) groups excluding carboxylic acids is 1. The minimum atomic E-state index is -2.62. The van der Waals surface area contributed by atoms with E-state index in [0.717, 1.165) is 0 Å². The molecule has 0 fully saturated rings. The molecule has 7 heteroatoms. The Kier molecular flexibility index (Phi) is 4.60. The number of pyridine rings is 1. The van der Waals surface area contributed by atoms with Gasteiger partial charge in [0.15, 0.2) is 11.4 Å². The Labute approximate surface area is 98.7 Å². The quantitative estimate of drug-likeness (QED) is 0.632. The SMILES string of the molecule is COC(=O)c1nc(Br)ccc1OCC(F)F. The lowest BCUT2D eigenvalue weighted by Crippen LogP contribution is -2.12. The molecule has 0 aliphatic rings. The predicted molar refractivity (Wildman–Crippen MR) is 54.8 cm³/mol. The molecule has 0 radical (unpaired) electrons. The Morgan fingerprint density at radius 3 is 2.81 bits per heavy atom. The van der Waals surface area contributed by atoms with Crippen LogP contribution in [0.25, 0.3) is 0 Å². The lowest BCUT2D eigenvalue weighted by molar-refractivity contribution is 0.0569. The van der Waals surface area contributed by atoms with E-state index in [1.807, 2.05) is 0 Å². The highest BCUT2D eigenvalue weighted by atomic mass is 79.9. The number of alkyl halides is 2. The van der Waals surface area contributed by atoms with E-state index in [-0.39, 0.29) is 11.4 Å². The van der Waals surface area contributed by atoms with Crippen LogP contribution < -0.4 is 4.74 Å². The number of hydrogen-bond acceptors (Lipinski definition) is 4. The molecule has 0 aliphatic carbocycles. The number of rotatable bonds is 4. The van der Waals surface area contributed by atoms with Crippen LogP contribution in [0.4, 0.5) is 8.78 Å². The standard InChI is InChI=1S/C9H8BrF2NO3/c1-15-9(14)8-5(16-4-7(11)12)2-3-6(10)13-8/h2-3,7H,4H2,1H3. The fourth-order valence-corrected chi connectivity index (χ4v) is 1.24. The van der Waals surface area contributed by atoms with E-state index >= 15 is 0 Å². The van der Waals surface area contributed by atoms with Gasteiger partial charge in [0.2, 0.25) is 0 Å². The molecule has 1 aromatic heterocycles. The van der Waals surface area contributed by atoms with E-state index < -0.39 is 19.0 Å². The van der Waals surface area contributed by atoms with Crippen LogP contribution in [0.3, 0.4) is 0 Å². The van der Waals surface area contributed by atoms with Crippen molar-refractivity contribution in [3.05, 3.63) is 22.4 Å². The van der Waals surface area contributed by atoms with Crippen molar-refractivity contribution in [3.8, 4) is 5.75 Å². The maximum absolute atomic E-state index is 11.9. The summed E-state index contributed by atoms with van der Waals surface area (Å²) < 4.78 is 33.5. The van der Waals surface area contributed by atoms with Crippen LogP contribution in [0.15, 0.2) is 16.7 Å². The zero-order valence-corrected chi connectivity index (χ0v) is 9.83. The van der Waals surface area contributed by atoms with Gasteiger partial charge in [0.25, 0.3) is 6.43 Å². The summed E-state index contributed by atoms with van der Waals surface area (Å²) in [5.74, 6) is -0.777. The largest absolute Gasteiger partial charge is 0.485 e. The number of hydrogen-bond donors (Lipinski definition) is 0. The summed E-state index contributed by atoms with van der Waals surface area (Å²) in [4.78, 5) is 15.1. The highest BCUT2D eigenvalue weighted by molar-refractivity contribution is 9.10. The van der Waals surface area contributed by atoms with Crippen molar-refractivity contribution in [2.75, 3.05) is 13.7 Å². The minimum Gasteiger partial charge on any atom is -0.485 e. The van der Waals surface area contributed by atoms with E-state index in [1.165, 1.54) is 19.2 Å². The van der Waals surface area contributed by atoms with Crippen molar-refractivity contribution in [1.29, 1.82) is 0 Å². The summed E-state index contributed by atoms with van der Waals surface area (Å²) >= 11 is 3.05. The van der Waals surface area contributed by atoms with Gasteiger partial charge in [-0.2, -0.15) is 0 Å². The third kappa shape index (κ3) is 3.41. The summed E-state index contributed by atoms with van der Waals surface area (Å²) in [6.45, 7) is -0.798. The number of aromatic nitrogens is 1. The monoisotopic (exact) mass is 295 g/mol. The first-order valence-corrected chi connectivity index (χ1v) is 4.99. The molecule has 0 spiro atoms. The van der Waals surface area contributed by atoms with Gasteiger partial charge in [-0.05, 0) is 28.1 Å². The van der Waals surface area contributed by atoms with Crippen molar-refractivity contribution < 1.29 is 23.0 Å². The van der Waals surface area contributed by atoms with Crippen molar-refractivity contribution in [2.45, 2.75) is 6.43 Å². The Balaban J connectivity index is 2.93. The first kappa shape index (κ1) is 12.8. The fourth-order valence-electron chi connectivity index (χ4n) is 0.935. The fraction of sp³-hybridized carbons (Fsp3) is 0.333. The molecule has 16 heavy (non-hydrogen) atoms. The second-order valence-electron chi connectivity index (χ2n) is 2.67. The van der Waals surface area contributed by atoms with Gasteiger partial charge in [-0.25, -0.2) is 18.6 Å². The van der Waals surface area contributed by atoms with Gasteiger partial charge in [-0.3, -0.25) is 0 Å². The Bertz CT molecular complexity index is 387. The average Bonchev–Trinajstić information content (AvgIpc) is 2.26. The van der Waals surface area contributed by atoms with Gasteiger partial charge in [-0.15, -0.1) is 0 Å². The zero-order valence-electron chi connectivity index (χ0n) is 8.25. The maximum atomic E-state index is 11.9. The third-order valence-electron chi connectivity index (χ3n) is 1.57. The van der Waals surface area contributed by atoms with E-state index in [1.54, 1.807) is 0 Å². The van der Waals surface area contributed by atoms with Crippen molar-refractivity contribution in [1.82, 2.24) is 4.98 Å². The molecule has 0 saturated carbocycles. The highest BCUT2D eigenvalue weighted by Gasteiger charge is 2.16. The molecule has 1 heterocycles. The molecule has 0 bridgehead atoms. The molecule has 4 nitrogen and oxygen atoms in total. The lowest BCUT2D eigenvalue weighted by Gasteiger charge is -2.09. The van der Waals surface area contributed by atoms with Gasteiger partial charge in [0, 0.05) is 0 Å². The predicted octanol–water partition coefficient (Wildman–Crippen LogP) is 2.27. The Morgan fingerprint density at radius 1 is 1.56 bits per heavy atom. The van der Waals surface area contributed by atoms with Crippen LogP contribution >= 0.6 is 15.9 Å². The minimum absolute atomic E-state index is 0.0321. The molecule has 0 amide bonds. The molecule has 0 saturated heterocycles. The van der Waals surface area contributed by atoms with Crippen LogP contribution in [0, 0.1) is 0 Å². The second kappa shape index (κ2) is 5.74. The number of ether oxygens (including phenoxy) is 2. The number of methoxy groups -OCH3 is 1. The first-order valence-electron chi connectivity index (χ1n) is 4.20. The van der Waals surface area contributed by atoms with Crippen molar-refractivity contribution in [3.63, 3.8) is 0 Å². The number of nitrogens with zero attached hydrogens (tertiary/aromatic N) is 1. The van der Waals surface area contributed by atoms with Crippen LogP contribution in [-0.4, -0.2) is 31.1 Å². The molecule has 0 N–H and O–H groups in total. The first-order chi connectivity index (χ1) is 7.54. The van der Waals surface area contributed by atoms with Crippen LogP contribution in [0.1, 0.15) is 10.5 Å².